The van der Waals surface area contributed by atoms with Gasteiger partial charge < -0.3 is 10.1 Å². The van der Waals surface area contributed by atoms with Gasteiger partial charge in [0.05, 0.1) is 24.0 Å². The van der Waals surface area contributed by atoms with E-state index in [1.54, 1.807) is 12.1 Å². The maximum absolute atomic E-state index is 13.0. The van der Waals surface area contributed by atoms with Crippen molar-refractivity contribution in [3.63, 3.8) is 0 Å². The monoisotopic (exact) mass is 491 g/mol. The van der Waals surface area contributed by atoms with Crippen LogP contribution in [0.4, 0.5) is 0 Å². The van der Waals surface area contributed by atoms with Crippen LogP contribution in [0.5, 0.6) is 0 Å². The Balaban J connectivity index is 1.37. The zero-order chi connectivity index (χ0) is 23.3. The summed E-state index contributed by atoms with van der Waals surface area (Å²) in [7, 11) is -3.66. The number of hydrogen-bond acceptors (Lipinski definition) is 5. The Morgan fingerprint density at radius 1 is 1.03 bits per heavy atom. The van der Waals surface area contributed by atoms with Crippen molar-refractivity contribution >= 4 is 27.5 Å². The molecule has 0 bridgehead atoms. The van der Waals surface area contributed by atoms with Crippen molar-refractivity contribution in [3.8, 4) is 0 Å². The van der Waals surface area contributed by atoms with Crippen molar-refractivity contribution in [1.82, 2.24) is 14.5 Å². The lowest BCUT2D eigenvalue weighted by atomic mass is 9.98. The molecule has 0 aromatic heterocycles. The lowest BCUT2D eigenvalue weighted by Crippen LogP contribution is -2.45. The van der Waals surface area contributed by atoms with Crippen LogP contribution in [-0.2, 0) is 32.6 Å². The van der Waals surface area contributed by atoms with Gasteiger partial charge in [0.15, 0.2) is 0 Å². The second kappa shape index (κ2) is 11.0. The van der Waals surface area contributed by atoms with Crippen molar-refractivity contribution in [2.75, 3.05) is 39.4 Å². The highest BCUT2D eigenvalue weighted by molar-refractivity contribution is 7.89. The molecule has 2 aromatic carbocycles. The number of piperidine rings is 1. The number of nitrogens with one attached hydrogen (secondary N) is 1. The molecule has 1 N–H and O–H groups in total. The first-order valence-corrected chi connectivity index (χ1v) is 13.2. The highest BCUT2D eigenvalue weighted by Gasteiger charge is 2.33. The van der Waals surface area contributed by atoms with E-state index in [1.807, 2.05) is 18.2 Å². The first-order chi connectivity index (χ1) is 15.9. The fourth-order valence-corrected chi connectivity index (χ4v) is 5.99. The van der Waals surface area contributed by atoms with Crippen LogP contribution < -0.4 is 5.32 Å². The molecule has 2 saturated heterocycles. The summed E-state index contributed by atoms with van der Waals surface area (Å²) >= 11 is 5.89. The molecule has 178 valence electrons. The normalized spacial score (nSPS) is 20.5. The van der Waals surface area contributed by atoms with Gasteiger partial charge in [0, 0.05) is 44.3 Å². The lowest BCUT2D eigenvalue weighted by Gasteiger charge is -2.31. The van der Waals surface area contributed by atoms with E-state index in [1.165, 1.54) is 22.0 Å². The van der Waals surface area contributed by atoms with E-state index >= 15 is 0 Å². The smallest absolute Gasteiger partial charge is 0.243 e. The summed E-state index contributed by atoms with van der Waals surface area (Å²) in [5.41, 5.74) is 2.27. The summed E-state index contributed by atoms with van der Waals surface area (Å²) in [6.45, 7) is 5.16. The van der Waals surface area contributed by atoms with Crippen molar-refractivity contribution in [2.24, 2.45) is 5.92 Å². The van der Waals surface area contributed by atoms with Crippen LogP contribution in [0.2, 0.25) is 5.02 Å². The molecular weight excluding hydrogens is 462 g/mol. The first kappa shape index (κ1) is 24.2. The van der Waals surface area contributed by atoms with E-state index in [0.29, 0.717) is 31.0 Å². The second-order valence-electron chi connectivity index (χ2n) is 8.53. The minimum atomic E-state index is -3.66. The van der Waals surface area contributed by atoms with Crippen LogP contribution in [0.3, 0.4) is 0 Å². The van der Waals surface area contributed by atoms with E-state index in [9.17, 15) is 13.2 Å². The number of amides is 1. The third-order valence-corrected chi connectivity index (χ3v) is 8.41. The average molecular weight is 492 g/mol. The van der Waals surface area contributed by atoms with E-state index in [0.717, 1.165) is 38.4 Å². The molecule has 2 fully saturated rings. The molecule has 9 heteroatoms. The molecule has 0 radical (unpaired) electrons. The predicted molar refractivity (Wildman–Crippen MR) is 127 cm³/mol. The average Bonchev–Trinajstić information content (AvgIpc) is 2.84. The van der Waals surface area contributed by atoms with Gasteiger partial charge in [-0.15, -0.1) is 0 Å². The standard InChI is InChI=1S/C24H30ClN3O4S/c25-22-7-9-23(10-8-22)33(30,31)28-11-3-6-21(18-28)24(29)26-16-19-4-1-2-5-20(19)17-27-12-14-32-15-13-27/h1-2,4-5,7-10,21H,3,6,11-18H2,(H,26,29)/t21-/m1/s1. The summed E-state index contributed by atoms with van der Waals surface area (Å²) in [5.74, 6) is -0.473. The van der Waals surface area contributed by atoms with Crippen LogP contribution in [0.15, 0.2) is 53.4 Å². The van der Waals surface area contributed by atoms with Gasteiger partial charge in [-0.05, 0) is 48.2 Å². The molecule has 33 heavy (non-hydrogen) atoms. The number of carbonyl (C=O) groups excluding carboxylic acids is 1. The van der Waals surface area contributed by atoms with Crippen molar-refractivity contribution < 1.29 is 17.9 Å². The summed E-state index contributed by atoms with van der Waals surface area (Å²) < 4.78 is 32.9. The summed E-state index contributed by atoms with van der Waals surface area (Å²) in [6, 6.07) is 14.3. The highest BCUT2D eigenvalue weighted by atomic mass is 35.5. The number of morpholine rings is 1. The molecule has 2 heterocycles. The molecule has 1 atom stereocenters. The van der Waals surface area contributed by atoms with Gasteiger partial charge in [0.2, 0.25) is 15.9 Å². The third kappa shape index (κ3) is 6.13. The van der Waals surface area contributed by atoms with E-state index in [4.69, 9.17) is 16.3 Å². The van der Waals surface area contributed by atoms with E-state index in [2.05, 4.69) is 16.3 Å². The van der Waals surface area contributed by atoms with Crippen LogP contribution >= 0.6 is 11.6 Å². The van der Waals surface area contributed by atoms with Crippen molar-refractivity contribution in [2.45, 2.75) is 30.8 Å². The zero-order valence-corrected chi connectivity index (χ0v) is 20.2. The van der Waals surface area contributed by atoms with E-state index in [-0.39, 0.29) is 23.3 Å². The largest absolute Gasteiger partial charge is 0.379 e. The van der Waals surface area contributed by atoms with Gasteiger partial charge in [-0.2, -0.15) is 4.31 Å². The van der Waals surface area contributed by atoms with Gasteiger partial charge in [-0.3, -0.25) is 9.69 Å². The summed E-state index contributed by atoms with van der Waals surface area (Å²) in [6.07, 6.45) is 1.33. The van der Waals surface area contributed by atoms with Gasteiger partial charge in [-0.1, -0.05) is 35.9 Å². The number of benzene rings is 2. The molecule has 2 aliphatic rings. The summed E-state index contributed by atoms with van der Waals surface area (Å²) in [4.78, 5) is 15.5. The van der Waals surface area contributed by atoms with Crippen LogP contribution in [0.1, 0.15) is 24.0 Å². The minimum absolute atomic E-state index is 0.104. The first-order valence-electron chi connectivity index (χ1n) is 11.3. The van der Waals surface area contributed by atoms with Gasteiger partial charge >= 0.3 is 0 Å². The van der Waals surface area contributed by atoms with Gasteiger partial charge in [-0.25, -0.2) is 8.42 Å². The van der Waals surface area contributed by atoms with Gasteiger partial charge in [0.25, 0.3) is 0 Å². The molecule has 2 aliphatic heterocycles. The highest BCUT2D eigenvalue weighted by Crippen LogP contribution is 2.25. The fraction of sp³-hybridized carbons (Fsp3) is 0.458. The topological polar surface area (TPSA) is 79.0 Å². The molecule has 0 saturated carbocycles. The number of nitrogens with zero attached hydrogens (tertiary/aromatic N) is 2. The quantitative estimate of drug-likeness (QED) is 0.644. The maximum Gasteiger partial charge on any atom is 0.243 e. The predicted octanol–water partition coefficient (Wildman–Crippen LogP) is 2.89. The number of rotatable bonds is 7. The Morgan fingerprint density at radius 3 is 2.45 bits per heavy atom. The maximum atomic E-state index is 13.0. The number of ether oxygens (including phenoxy) is 1. The van der Waals surface area contributed by atoms with E-state index < -0.39 is 10.0 Å². The molecule has 0 aliphatic carbocycles. The zero-order valence-electron chi connectivity index (χ0n) is 18.6. The Hall–Kier alpha value is -1.97. The fourth-order valence-electron chi connectivity index (χ4n) is 4.34. The number of carbonyl (C=O) groups is 1. The number of halogens is 1. The number of sulfonamides is 1. The lowest BCUT2D eigenvalue weighted by molar-refractivity contribution is -0.126. The molecular formula is C24H30ClN3O4S. The Morgan fingerprint density at radius 2 is 1.73 bits per heavy atom. The third-order valence-electron chi connectivity index (χ3n) is 6.28. The van der Waals surface area contributed by atoms with Crippen LogP contribution in [0, 0.1) is 5.92 Å². The minimum Gasteiger partial charge on any atom is -0.379 e. The van der Waals surface area contributed by atoms with Crippen molar-refractivity contribution in [3.05, 3.63) is 64.7 Å². The molecule has 0 unspecified atom stereocenters. The van der Waals surface area contributed by atoms with Crippen molar-refractivity contribution in [1.29, 1.82) is 0 Å². The Kier molecular flexibility index (Phi) is 8.03. The molecule has 2 aromatic rings. The Labute approximate surface area is 200 Å². The molecule has 0 spiro atoms. The molecule has 1 amide bonds. The Bertz CT molecular complexity index is 1060. The molecule has 4 rings (SSSR count). The summed E-state index contributed by atoms with van der Waals surface area (Å²) in [5, 5.41) is 3.53. The SMILES string of the molecule is O=C(NCc1ccccc1CN1CCOCC1)[C@@H]1CCCN(S(=O)(=O)c2ccc(Cl)cc2)C1. The molecule has 7 nitrogen and oxygen atoms in total. The van der Waals surface area contributed by atoms with Gasteiger partial charge in [0.1, 0.15) is 0 Å². The second-order valence-corrected chi connectivity index (χ2v) is 10.9. The number of hydrogen-bond donors (Lipinski definition) is 1. The van der Waals surface area contributed by atoms with Crippen LogP contribution in [-0.4, -0.2) is 62.9 Å². The van der Waals surface area contributed by atoms with Crippen LogP contribution in [0.25, 0.3) is 0 Å².